The van der Waals surface area contributed by atoms with Crippen molar-refractivity contribution in [1.82, 2.24) is 0 Å². The van der Waals surface area contributed by atoms with Crippen LogP contribution in [0.5, 0.6) is 0 Å². The molecule has 0 amide bonds. The molecule has 2 rings (SSSR count). The van der Waals surface area contributed by atoms with Crippen LogP contribution >= 0.6 is 24.8 Å². The van der Waals surface area contributed by atoms with Crippen molar-refractivity contribution < 1.29 is 9.53 Å². The van der Waals surface area contributed by atoms with Crippen LogP contribution in [-0.2, 0) is 4.74 Å². The lowest BCUT2D eigenvalue weighted by atomic mass is 10.2. The van der Waals surface area contributed by atoms with Crippen molar-refractivity contribution in [3.05, 3.63) is 71.8 Å². The molecule has 0 radical (unpaired) electrons. The zero-order valence-electron chi connectivity index (χ0n) is 13.0. The van der Waals surface area contributed by atoms with Crippen LogP contribution in [0.4, 0.5) is 0 Å². The first-order valence-corrected chi connectivity index (χ1v) is 7.66. The Balaban J connectivity index is -0.000000336. The van der Waals surface area contributed by atoms with E-state index < -0.39 is 0 Å². The van der Waals surface area contributed by atoms with Crippen molar-refractivity contribution >= 4 is 35.0 Å². The fourth-order valence-electron chi connectivity index (χ4n) is 1.44. The monoisotopic (exact) mass is 377 g/mol. The normalized spacial score (nSPS) is 8.08. The van der Waals surface area contributed by atoms with Crippen molar-refractivity contribution in [2.45, 2.75) is 34.8 Å². The average Bonchev–Trinajstić information content (AvgIpc) is 2.58. The number of ether oxygens (including phenoxy) is 1. The van der Waals surface area contributed by atoms with Crippen molar-refractivity contribution in [2.24, 2.45) is 0 Å². The van der Waals surface area contributed by atoms with Gasteiger partial charge in [-0.15, -0.1) is 12.6 Å². The van der Waals surface area contributed by atoms with Gasteiger partial charge < -0.3 is 4.74 Å². The van der Waals surface area contributed by atoms with Crippen molar-refractivity contribution in [2.75, 3.05) is 0 Å². The van der Waals surface area contributed by atoms with Crippen molar-refractivity contribution in [1.29, 1.82) is 5.26 Å². The average molecular weight is 378 g/mol. The van der Waals surface area contributed by atoms with E-state index in [0.717, 1.165) is 5.56 Å². The molecule has 0 aliphatic heterocycles. The Morgan fingerprint density at radius 3 is 1.60 bits per heavy atom. The summed E-state index contributed by atoms with van der Waals surface area (Å²) in [5, 5.41) is 6.89. The third-order valence-electron chi connectivity index (χ3n) is 2.37. The summed E-state index contributed by atoms with van der Waals surface area (Å²) < 4.78 is 5.37. The van der Waals surface area contributed by atoms with Gasteiger partial charge in [-0.2, -0.15) is 0 Å². The summed E-state index contributed by atoms with van der Waals surface area (Å²) in [5.74, 6) is 0. The highest BCUT2D eigenvalue weighted by molar-refractivity contribution is 7.97. The third-order valence-corrected chi connectivity index (χ3v) is 2.96. The molecule has 0 N–H and O–H groups in total. The zero-order valence-corrected chi connectivity index (χ0v) is 14.8. The van der Waals surface area contributed by atoms with Gasteiger partial charge in [0.2, 0.25) is 5.12 Å². The highest BCUT2D eigenvalue weighted by Gasteiger charge is 2.02. The van der Waals surface area contributed by atoms with Gasteiger partial charge >= 0.3 is 0 Å². The lowest BCUT2D eigenvalue weighted by Gasteiger charge is -2.09. The molecule has 0 unspecified atom stereocenters. The number of rotatable bonds is 3. The van der Waals surface area contributed by atoms with Crippen LogP contribution in [-0.4, -0.2) is 16.3 Å². The summed E-state index contributed by atoms with van der Waals surface area (Å²) in [4.78, 5) is 10.5. The minimum Gasteiger partial charge on any atom is -0.480 e. The quantitative estimate of drug-likeness (QED) is 0.530. The molecule has 5 heteroatoms. The number of thiol groups is 1. The second kappa shape index (κ2) is 16.7. The molecule has 0 atom stereocenters. The van der Waals surface area contributed by atoms with E-state index in [0.29, 0.717) is 10.6 Å². The highest BCUT2D eigenvalue weighted by Crippen LogP contribution is 2.04. The minimum absolute atomic E-state index is 0. The summed E-state index contributed by atoms with van der Waals surface area (Å²) in [6.45, 7) is 7.44. The molecule has 0 saturated carbocycles. The highest BCUT2D eigenvalue weighted by atomic mass is 32.1. The van der Waals surface area contributed by atoms with Gasteiger partial charge in [-0.25, -0.2) is 5.26 Å². The molecule has 3 nitrogen and oxygen atoms in total. The zero-order chi connectivity index (χ0) is 17.7. The van der Waals surface area contributed by atoms with Gasteiger partial charge in [0, 0.05) is 17.7 Å². The van der Waals surface area contributed by atoms with Crippen LogP contribution in [0.3, 0.4) is 0 Å². The number of hydrogen-bond acceptors (Lipinski definition) is 4. The Bertz CT molecular complexity index is 611. The topological polar surface area (TPSA) is 50.1 Å². The number of hydrogen-bond donors (Lipinski definition) is 1. The van der Waals surface area contributed by atoms with Crippen LogP contribution in [0.15, 0.2) is 60.7 Å². The molecular weight excluding hydrogens is 350 g/mol. The van der Waals surface area contributed by atoms with Gasteiger partial charge in [-0.05, 0) is 26.1 Å². The Morgan fingerprint density at radius 1 is 0.960 bits per heavy atom. The fraction of sp³-hybridized carbons (Fsp3) is 0.250. The second-order valence-corrected chi connectivity index (χ2v) is 5.27. The van der Waals surface area contributed by atoms with E-state index in [-0.39, 0.29) is 26.1 Å². The van der Waals surface area contributed by atoms with Gasteiger partial charge in [0.25, 0.3) is 0 Å². The number of benzene rings is 2. The van der Waals surface area contributed by atoms with Crippen LogP contribution in [0.1, 0.15) is 44.6 Å². The first-order valence-electron chi connectivity index (χ1n) is 6.81. The van der Waals surface area contributed by atoms with E-state index in [1.807, 2.05) is 62.4 Å². The predicted molar refractivity (Wildman–Crippen MR) is 114 cm³/mol. The Kier molecular flexibility index (Phi) is 18.5. The lowest BCUT2D eigenvalue weighted by molar-refractivity contribution is 0.109. The maximum absolute atomic E-state index is 10.5. The van der Waals surface area contributed by atoms with Crippen molar-refractivity contribution in [3.63, 3.8) is 0 Å². The summed E-state index contributed by atoms with van der Waals surface area (Å²) in [7, 11) is 0. The maximum atomic E-state index is 10.5. The van der Waals surface area contributed by atoms with E-state index in [2.05, 4.69) is 19.2 Å². The maximum Gasteiger partial charge on any atom is 0.216 e. The van der Waals surface area contributed by atoms with Gasteiger partial charge in [0.15, 0.2) is 5.05 Å². The van der Waals surface area contributed by atoms with Gasteiger partial charge in [0.05, 0.1) is 6.10 Å². The SMILES string of the molecule is C.C.C#N.CC(C)OC(=S)c1ccccc1.O=C(S)c1ccccc1. The van der Waals surface area contributed by atoms with E-state index in [1.165, 1.54) is 0 Å². The summed E-state index contributed by atoms with van der Waals surface area (Å²) in [5.41, 5.74) is 1.61. The molecule has 0 fully saturated rings. The molecule has 136 valence electrons. The standard InChI is InChI=1S/C10H12OS.C7H6OS.CHN.2CH4/c1-8(2)11-10(12)9-6-4-3-5-7-9;8-7(9)6-4-2-1-3-5-6;1-2;;/h3-8H,1-2H3;1-5H,(H,8,9);1H;2*1H4. The largest absolute Gasteiger partial charge is 0.480 e. The third kappa shape index (κ3) is 12.9. The molecule has 0 bridgehead atoms. The Hall–Kier alpha value is -2.16. The number of thiocarbonyl (C=S) groups is 1. The van der Waals surface area contributed by atoms with Gasteiger partial charge in [-0.1, -0.05) is 75.5 Å². The lowest BCUT2D eigenvalue weighted by Crippen LogP contribution is -2.10. The molecule has 0 aromatic heterocycles. The predicted octanol–water partition coefficient (Wildman–Crippen LogP) is 5.96. The number of nitrogens with zero attached hydrogens (tertiary/aromatic N) is 1. The molecule has 0 spiro atoms. The smallest absolute Gasteiger partial charge is 0.216 e. The molecule has 0 aliphatic carbocycles. The van der Waals surface area contributed by atoms with Crippen LogP contribution in [0.2, 0.25) is 0 Å². The summed E-state index contributed by atoms with van der Waals surface area (Å²) >= 11 is 8.72. The number of carbonyl (C=O) groups excluding carboxylic acids is 1. The molecule has 0 saturated heterocycles. The van der Waals surface area contributed by atoms with E-state index in [1.54, 1.807) is 12.1 Å². The van der Waals surface area contributed by atoms with Crippen molar-refractivity contribution in [3.8, 4) is 6.57 Å². The molecular formula is C20H27NO2S2. The molecule has 25 heavy (non-hydrogen) atoms. The second-order valence-electron chi connectivity index (χ2n) is 4.49. The van der Waals surface area contributed by atoms with E-state index in [9.17, 15) is 4.79 Å². The number of nitriles is 1. The van der Waals surface area contributed by atoms with Gasteiger partial charge in [0.1, 0.15) is 0 Å². The minimum atomic E-state index is -0.185. The van der Waals surface area contributed by atoms with Gasteiger partial charge in [-0.3, -0.25) is 4.79 Å². The number of carbonyl (C=O) groups is 1. The Morgan fingerprint density at radius 2 is 1.32 bits per heavy atom. The summed E-state index contributed by atoms with van der Waals surface area (Å²) in [6.07, 6.45) is 0.151. The molecule has 2 aromatic rings. The molecule has 0 heterocycles. The fourth-order valence-corrected chi connectivity index (χ4v) is 1.91. The van der Waals surface area contributed by atoms with E-state index in [4.69, 9.17) is 22.2 Å². The van der Waals surface area contributed by atoms with Crippen LogP contribution in [0, 0.1) is 11.8 Å². The molecule has 2 aromatic carbocycles. The Labute approximate surface area is 163 Å². The first kappa shape index (κ1) is 27.7. The van der Waals surface area contributed by atoms with E-state index >= 15 is 0 Å². The summed E-state index contributed by atoms with van der Waals surface area (Å²) in [6, 6.07) is 18.7. The van der Waals surface area contributed by atoms with Crippen LogP contribution in [0.25, 0.3) is 0 Å². The molecule has 0 aliphatic rings. The first-order chi connectivity index (χ1) is 11.0. The van der Waals surface area contributed by atoms with Crippen LogP contribution < -0.4 is 0 Å².